The maximum atomic E-state index is 13.7. The van der Waals surface area contributed by atoms with Crippen LogP contribution in [0.5, 0.6) is 5.75 Å². The number of allylic oxidation sites excluding steroid dienone is 1. The van der Waals surface area contributed by atoms with Crippen LogP contribution in [-0.2, 0) is 4.79 Å². The molecule has 3 aromatic carbocycles. The van der Waals surface area contributed by atoms with Crippen LogP contribution in [0.1, 0.15) is 24.1 Å². The summed E-state index contributed by atoms with van der Waals surface area (Å²) in [6, 6.07) is 23.2. The van der Waals surface area contributed by atoms with Gasteiger partial charge in [0.25, 0.3) is 5.91 Å². The van der Waals surface area contributed by atoms with Gasteiger partial charge < -0.3 is 15.4 Å². The molecule has 0 bridgehead atoms. The molecule has 1 aromatic heterocycles. The number of nitrogens with one attached hydrogen (secondary N) is 2. The number of para-hydroxylation sites is 3. The van der Waals surface area contributed by atoms with Crippen molar-refractivity contribution in [2.24, 2.45) is 0 Å². The van der Waals surface area contributed by atoms with Crippen molar-refractivity contribution in [3.63, 3.8) is 0 Å². The van der Waals surface area contributed by atoms with E-state index in [0.717, 1.165) is 39.3 Å². The molecule has 0 saturated heterocycles. The zero-order valence-corrected chi connectivity index (χ0v) is 18.2. The Morgan fingerprint density at radius 3 is 2.62 bits per heavy atom. The van der Waals surface area contributed by atoms with Crippen LogP contribution in [0.2, 0.25) is 0 Å². The van der Waals surface area contributed by atoms with Crippen LogP contribution in [0.15, 0.2) is 84.1 Å². The van der Waals surface area contributed by atoms with Crippen LogP contribution in [0.4, 0.5) is 11.6 Å². The minimum Gasteiger partial charge on any atom is -0.497 e. The SMILES string of the molecule is COc1cccc([C@H]2C(C(=O)Nc3ccccc3C)=C(C)Nc3nc4ccccc4n32)c1. The summed E-state index contributed by atoms with van der Waals surface area (Å²) in [5.41, 5.74) is 5.99. The van der Waals surface area contributed by atoms with Crippen LogP contribution >= 0.6 is 0 Å². The van der Waals surface area contributed by atoms with E-state index in [2.05, 4.69) is 15.2 Å². The number of rotatable bonds is 4. The van der Waals surface area contributed by atoms with E-state index in [4.69, 9.17) is 9.72 Å². The van der Waals surface area contributed by atoms with Gasteiger partial charge in [-0.1, -0.05) is 42.5 Å². The minimum absolute atomic E-state index is 0.152. The lowest BCUT2D eigenvalue weighted by Crippen LogP contribution is -2.31. The number of nitrogens with zero attached hydrogens (tertiary/aromatic N) is 2. The number of anilines is 2. The molecular formula is C26H24N4O2. The van der Waals surface area contributed by atoms with Crippen LogP contribution in [0.25, 0.3) is 11.0 Å². The number of benzene rings is 3. The molecule has 0 radical (unpaired) electrons. The lowest BCUT2D eigenvalue weighted by atomic mass is 9.94. The number of methoxy groups -OCH3 is 1. The van der Waals surface area contributed by atoms with Gasteiger partial charge >= 0.3 is 0 Å². The fourth-order valence-corrected chi connectivity index (χ4v) is 4.29. The van der Waals surface area contributed by atoms with Crippen molar-refractivity contribution >= 4 is 28.6 Å². The summed E-state index contributed by atoms with van der Waals surface area (Å²) < 4.78 is 7.57. The van der Waals surface area contributed by atoms with E-state index in [9.17, 15) is 4.79 Å². The summed E-state index contributed by atoms with van der Waals surface area (Å²) in [6.07, 6.45) is 0. The first-order valence-corrected chi connectivity index (χ1v) is 10.5. The molecule has 160 valence electrons. The summed E-state index contributed by atoms with van der Waals surface area (Å²) in [4.78, 5) is 18.4. The Labute approximate surface area is 186 Å². The molecule has 2 N–H and O–H groups in total. The zero-order valence-electron chi connectivity index (χ0n) is 18.2. The van der Waals surface area contributed by atoms with Gasteiger partial charge in [-0.2, -0.15) is 0 Å². The smallest absolute Gasteiger partial charge is 0.255 e. The maximum absolute atomic E-state index is 13.7. The number of aromatic nitrogens is 2. The van der Waals surface area contributed by atoms with Gasteiger partial charge in [-0.25, -0.2) is 4.98 Å². The molecule has 32 heavy (non-hydrogen) atoms. The van der Waals surface area contributed by atoms with E-state index in [0.29, 0.717) is 11.5 Å². The lowest BCUT2D eigenvalue weighted by Gasteiger charge is -2.31. The number of imidazole rings is 1. The molecule has 5 rings (SSSR count). The Morgan fingerprint density at radius 2 is 1.81 bits per heavy atom. The van der Waals surface area contributed by atoms with Crippen molar-refractivity contribution in [2.45, 2.75) is 19.9 Å². The Bertz CT molecular complexity index is 1370. The van der Waals surface area contributed by atoms with Crippen LogP contribution < -0.4 is 15.4 Å². The summed E-state index contributed by atoms with van der Waals surface area (Å²) in [5, 5.41) is 6.46. The molecular weight excluding hydrogens is 400 g/mol. The van der Waals surface area contributed by atoms with Gasteiger partial charge in [0.2, 0.25) is 5.95 Å². The second-order valence-electron chi connectivity index (χ2n) is 7.91. The number of carbonyl (C=O) groups excluding carboxylic acids is 1. The van der Waals surface area contributed by atoms with Crippen LogP contribution in [0, 0.1) is 6.92 Å². The molecule has 0 unspecified atom stereocenters. The van der Waals surface area contributed by atoms with E-state index in [-0.39, 0.29) is 11.9 Å². The predicted octanol–water partition coefficient (Wildman–Crippen LogP) is 5.28. The largest absolute Gasteiger partial charge is 0.497 e. The van der Waals surface area contributed by atoms with Crippen molar-refractivity contribution in [1.82, 2.24) is 9.55 Å². The van der Waals surface area contributed by atoms with Gasteiger partial charge in [0, 0.05) is 11.4 Å². The van der Waals surface area contributed by atoms with Gasteiger partial charge in [-0.3, -0.25) is 9.36 Å². The van der Waals surface area contributed by atoms with Crippen molar-refractivity contribution in [3.05, 3.63) is 95.2 Å². The average Bonchev–Trinajstić information content (AvgIpc) is 3.17. The van der Waals surface area contributed by atoms with Crippen molar-refractivity contribution in [1.29, 1.82) is 0 Å². The molecule has 0 spiro atoms. The third-order valence-electron chi connectivity index (χ3n) is 5.88. The molecule has 1 atom stereocenters. The molecule has 0 aliphatic carbocycles. The summed E-state index contributed by atoms with van der Waals surface area (Å²) >= 11 is 0. The molecule has 6 heteroatoms. The van der Waals surface area contributed by atoms with Crippen molar-refractivity contribution in [2.75, 3.05) is 17.7 Å². The Morgan fingerprint density at radius 1 is 1.03 bits per heavy atom. The first-order valence-electron chi connectivity index (χ1n) is 10.5. The molecule has 6 nitrogen and oxygen atoms in total. The molecule has 4 aromatic rings. The summed E-state index contributed by atoms with van der Waals surface area (Å²) in [5.74, 6) is 1.30. The molecule has 1 amide bonds. The Hall–Kier alpha value is -4.06. The third kappa shape index (κ3) is 3.30. The minimum atomic E-state index is -0.363. The second-order valence-corrected chi connectivity index (χ2v) is 7.91. The van der Waals surface area contributed by atoms with Gasteiger partial charge in [-0.05, 0) is 55.3 Å². The van der Waals surface area contributed by atoms with Gasteiger partial charge in [-0.15, -0.1) is 0 Å². The van der Waals surface area contributed by atoms with E-state index in [1.807, 2.05) is 86.6 Å². The fraction of sp³-hybridized carbons (Fsp3) is 0.154. The van der Waals surface area contributed by atoms with Gasteiger partial charge in [0.15, 0.2) is 0 Å². The molecule has 2 heterocycles. The third-order valence-corrected chi connectivity index (χ3v) is 5.88. The predicted molar refractivity (Wildman–Crippen MR) is 127 cm³/mol. The Balaban J connectivity index is 1.68. The zero-order chi connectivity index (χ0) is 22.2. The highest BCUT2D eigenvalue weighted by molar-refractivity contribution is 6.06. The van der Waals surface area contributed by atoms with E-state index in [1.54, 1.807) is 7.11 Å². The first kappa shape index (κ1) is 19.9. The standard InChI is InChI=1S/C26H24N4O2/c1-16-9-4-5-12-20(16)28-25(31)23-17(2)27-26-29-21-13-6-7-14-22(21)30(26)24(23)18-10-8-11-19(15-18)32-3/h4-15,24H,1-3H3,(H,27,29)(H,28,31)/t24-/m0/s1. The van der Waals surface area contributed by atoms with E-state index >= 15 is 0 Å². The molecule has 0 fully saturated rings. The highest BCUT2D eigenvalue weighted by Gasteiger charge is 2.34. The maximum Gasteiger partial charge on any atom is 0.255 e. The van der Waals surface area contributed by atoms with E-state index < -0.39 is 0 Å². The number of aryl methyl sites for hydroxylation is 1. The Kier molecular flexibility index (Phi) is 4.90. The fourth-order valence-electron chi connectivity index (χ4n) is 4.29. The molecule has 0 saturated carbocycles. The molecule has 1 aliphatic rings. The molecule has 1 aliphatic heterocycles. The monoisotopic (exact) mass is 424 g/mol. The van der Waals surface area contributed by atoms with Gasteiger partial charge in [0.05, 0.1) is 29.8 Å². The topological polar surface area (TPSA) is 68.2 Å². The van der Waals surface area contributed by atoms with Crippen molar-refractivity contribution < 1.29 is 9.53 Å². The average molecular weight is 425 g/mol. The van der Waals surface area contributed by atoms with Gasteiger partial charge in [0.1, 0.15) is 5.75 Å². The number of ether oxygens (including phenoxy) is 1. The highest BCUT2D eigenvalue weighted by atomic mass is 16.5. The number of carbonyl (C=O) groups is 1. The van der Waals surface area contributed by atoms with Crippen molar-refractivity contribution in [3.8, 4) is 5.75 Å². The number of hydrogen-bond acceptors (Lipinski definition) is 4. The summed E-state index contributed by atoms with van der Waals surface area (Å²) in [6.45, 7) is 3.90. The van der Waals surface area contributed by atoms with E-state index in [1.165, 1.54) is 0 Å². The van der Waals surface area contributed by atoms with Crippen LogP contribution in [-0.4, -0.2) is 22.6 Å². The number of fused-ring (bicyclic) bond motifs is 3. The highest BCUT2D eigenvalue weighted by Crippen LogP contribution is 2.40. The normalized spacial score (nSPS) is 15.3. The summed E-state index contributed by atoms with van der Waals surface area (Å²) in [7, 11) is 1.65. The quantitative estimate of drug-likeness (QED) is 0.468. The number of hydrogen-bond donors (Lipinski definition) is 2. The lowest BCUT2D eigenvalue weighted by molar-refractivity contribution is -0.113. The first-order chi connectivity index (χ1) is 15.6. The second kappa shape index (κ2) is 7.89. The number of amides is 1. The van der Waals surface area contributed by atoms with Crippen LogP contribution in [0.3, 0.4) is 0 Å².